The largest absolute Gasteiger partial charge is 0.490 e. The molecule has 7 nitrogen and oxygen atoms in total. The fourth-order valence-electron chi connectivity index (χ4n) is 3.19. The lowest BCUT2D eigenvalue weighted by Gasteiger charge is -2.28. The predicted octanol–water partition coefficient (Wildman–Crippen LogP) is 3.60. The van der Waals surface area contributed by atoms with Crippen LogP contribution in [0, 0.1) is 5.82 Å². The number of carbonyl (C=O) groups is 2. The number of urea groups is 1. The maximum atomic E-state index is 13.9. The van der Waals surface area contributed by atoms with Crippen molar-refractivity contribution in [2.24, 2.45) is 0 Å². The monoisotopic (exact) mass is 414 g/mol. The van der Waals surface area contributed by atoms with Crippen LogP contribution in [0.1, 0.15) is 31.0 Å². The number of rotatable bonds is 7. The van der Waals surface area contributed by atoms with Gasteiger partial charge in [-0.1, -0.05) is 24.3 Å². The van der Waals surface area contributed by atoms with Crippen molar-refractivity contribution in [3.05, 3.63) is 70.7 Å². The zero-order valence-corrected chi connectivity index (χ0v) is 17.0. The fraction of sp³-hybridized carbons (Fsp3) is 0.273. The first-order valence-corrected chi connectivity index (χ1v) is 9.44. The summed E-state index contributed by atoms with van der Waals surface area (Å²) in [5.74, 6) is -0.0684. The molecule has 30 heavy (non-hydrogen) atoms. The fourth-order valence-corrected chi connectivity index (χ4v) is 3.19. The smallest absolute Gasteiger partial charge is 0.337 e. The lowest BCUT2D eigenvalue weighted by atomic mass is 9.95. The van der Waals surface area contributed by atoms with Gasteiger partial charge in [0.1, 0.15) is 12.4 Å². The highest BCUT2D eigenvalue weighted by Gasteiger charge is 2.32. The maximum absolute atomic E-state index is 13.9. The molecule has 8 heteroatoms. The molecule has 1 aliphatic heterocycles. The minimum atomic E-state index is -0.717. The van der Waals surface area contributed by atoms with Crippen LogP contribution in [0.3, 0.4) is 0 Å². The van der Waals surface area contributed by atoms with Gasteiger partial charge in [0.25, 0.3) is 0 Å². The Morgan fingerprint density at radius 2 is 1.90 bits per heavy atom. The van der Waals surface area contributed by atoms with Crippen LogP contribution >= 0.6 is 0 Å². The maximum Gasteiger partial charge on any atom is 0.337 e. The van der Waals surface area contributed by atoms with Gasteiger partial charge in [0, 0.05) is 11.3 Å². The molecule has 0 aliphatic carbocycles. The normalized spacial score (nSPS) is 15.9. The van der Waals surface area contributed by atoms with Crippen molar-refractivity contribution in [1.29, 1.82) is 0 Å². The molecule has 1 atom stereocenters. The summed E-state index contributed by atoms with van der Waals surface area (Å²) in [7, 11) is 1.28. The second-order valence-electron chi connectivity index (χ2n) is 6.58. The van der Waals surface area contributed by atoms with Crippen LogP contribution in [0.15, 0.2) is 53.7 Å². The van der Waals surface area contributed by atoms with Crippen LogP contribution < -0.4 is 20.1 Å². The minimum absolute atomic E-state index is 0.0304. The number of carbonyl (C=O) groups excluding carboxylic acids is 2. The lowest BCUT2D eigenvalue weighted by molar-refractivity contribution is -0.136. The summed E-state index contributed by atoms with van der Waals surface area (Å²) >= 11 is 0. The number of allylic oxidation sites excluding steroid dienone is 1. The number of nitrogens with one attached hydrogen (secondary N) is 2. The van der Waals surface area contributed by atoms with Crippen LogP contribution in [-0.4, -0.2) is 25.7 Å². The molecule has 158 valence electrons. The van der Waals surface area contributed by atoms with E-state index >= 15 is 0 Å². The van der Waals surface area contributed by atoms with E-state index in [2.05, 4.69) is 10.6 Å². The molecule has 1 unspecified atom stereocenters. The van der Waals surface area contributed by atoms with E-state index in [-0.39, 0.29) is 12.4 Å². The third-order valence-corrected chi connectivity index (χ3v) is 4.62. The van der Waals surface area contributed by atoms with E-state index in [0.29, 0.717) is 40.5 Å². The molecule has 3 rings (SSSR count). The van der Waals surface area contributed by atoms with Gasteiger partial charge in [0.15, 0.2) is 11.5 Å². The molecular weight excluding hydrogens is 391 g/mol. The predicted molar refractivity (Wildman–Crippen MR) is 107 cm³/mol. The summed E-state index contributed by atoms with van der Waals surface area (Å²) in [6.07, 6.45) is 0. The molecule has 0 saturated heterocycles. The molecule has 0 spiro atoms. The van der Waals surface area contributed by atoms with Crippen LogP contribution in [-0.2, 0) is 16.1 Å². The van der Waals surface area contributed by atoms with Crippen molar-refractivity contribution in [3.8, 4) is 11.5 Å². The van der Waals surface area contributed by atoms with Crippen molar-refractivity contribution >= 4 is 12.0 Å². The summed E-state index contributed by atoms with van der Waals surface area (Å²) in [5, 5.41) is 5.30. The number of halogens is 1. The Kier molecular flexibility index (Phi) is 6.56. The minimum Gasteiger partial charge on any atom is -0.490 e. The van der Waals surface area contributed by atoms with Crippen molar-refractivity contribution in [1.82, 2.24) is 10.6 Å². The van der Waals surface area contributed by atoms with Gasteiger partial charge in [-0.05, 0) is 37.6 Å². The average molecular weight is 414 g/mol. The second-order valence-corrected chi connectivity index (χ2v) is 6.58. The van der Waals surface area contributed by atoms with Crippen LogP contribution in [0.4, 0.5) is 9.18 Å². The van der Waals surface area contributed by atoms with E-state index in [1.165, 1.54) is 13.2 Å². The third kappa shape index (κ3) is 4.53. The highest BCUT2D eigenvalue weighted by Crippen LogP contribution is 2.35. The standard InChI is InChI=1S/C22H23FN2O5/c1-4-29-18-11-14(20-19(21(26)28-3)13(2)24-22(27)25-20)9-10-17(18)30-12-15-7-5-6-8-16(15)23/h5-11,20H,4,12H2,1-3H3,(H2,24,25,27). The van der Waals surface area contributed by atoms with Crippen LogP contribution in [0.25, 0.3) is 0 Å². The number of hydrogen-bond acceptors (Lipinski definition) is 5. The van der Waals surface area contributed by atoms with E-state index < -0.39 is 18.0 Å². The zero-order chi connectivity index (χ0) is 21.7. The van der Waals surface area contributed by atoms with Crippen LogP contribution in [0.2, 0.25) is 0 Å². The van der Waals surface area contributed by atoms with Gasteiger partial charge in [0.05, 0.1) is 25.3 Å². The van der Waals surface area contributed by atoms with E-state index in [0.717, 1.165) is 0 Å². The van der Waals surface area contributed by atoms with Gasteiger partial charge >= 0.3 is 12.0 Å². The Labute approximate surface area is 173 Å². The summed E-state index contributed by atoms with van der Waals surface area (Å²) in [5.41, 5.74) is 1.74. The molecule has 2 N–H and O–H groups in total. The zero-order valence-electron chi connectivity index (χ0n) is 17.0. The van der Waals surface area contributed by atoms with E-state index in [9.17, 15) is 14.0 Å². The van der Waals surface area contributed by atoms with Gasteiger partial charge in [-0.25, -0.2) is 14.0 Å². The summed E-state index contributed by atoms with van der Waals surface area (Å²) in [6, 6.07) is 10.3. The topological polar surface area (TPSA) is 85.9 Å². The Hall–Kier alpha value is -3.55. The Morgan fingerprint density at radius 1 is 1.13 bits per heavy atom. The number of methoxy groups -OCH3 is 1. The van der Waals surface area contributed by atoms with Gasteiger partial charge in [-0.15, -0.1) is 0 Å². The quantitative estimate of drug-likeness (QED) is 0.676. The lowest BCUT2D eigenvalue weighted by Crippen LogP contribution is -2.45. The van der Waals surface area contributed by atoms with Crippen molar-refractivity contribution in [2.75, 3.05) is 13.7 Å². The van der Waals surface area contributed by atoms with Gasteiger partial charge in [-0.2, -0.15) is 0 Å². The van der Waals surface area contributed by atoms with E-state index in [4.69, 9.17) is 14.2 Å². The number of esters is 1. The van der Waals surface area contributed by atoms with Gasteiger partial charge in [-0.3, -0.25) is 0 Å². The SMILES string of the molecule is CCOc1cc(C2NC(=O)NC(C)=C2C(=O)OC)ccc1OCc1ccccc1F. The molecular formula is C22H23FN2O5. The molecule has 2 amide bonds. The first-order chi connectivity index (χ1) is 14.4. The highest BCUT2D eigenvalue weighted by molar-refractivity contribution is 5.95. The molecule has 2 aromatic carbocycles. The molecule has 0 bridgehead atoms. The first kappa shape index (κ1) is 21.2. The molecule has 0 radical (unpaired) electrons. The Bertz CT molecular complexity index is 989. The molecule has 0 fully saturated rings. The Morgan fingerprint density at radius 3 is 2.60 bits per heavy atom. The third-order valence-electron chi connectivity index (χ3n) is 4.62. The number of amides is 2. The first-order valence-electron chi connectivity index (χ1n) is 9.44. The van der Waals surface area contributed by atoms with Crippen molar-refractivity contribution in [3.63, 3.8) is 0 Å². The summed E-state index contributed by atoms with van der Waals surface area (Å²) in [6.45, 7) is 3.86. The highest BCUT2D eigenvalue weighted by atomic mass is 19.1. The average Bonchev–Trinajstić information content (AvgIpc) is 2.73. The molecule has 0 aromatic heterocycles. The molecule has 0 saturated carbocycles. The molecule has 1 heterocycles. The number of hydrogen-bond donors (Lipinski definition) is 2. The van der Waals surface area contributed by atoms with Crippen molar-refractivity contribution < 1.29 is 28.2 Å². The molecule has 1 aliphatic rings. The number of ether oxygens (including phenoxy) is 3. The molecule has 2 aromatic rings. The summed E-state index contributed by atoms with van der Waals surface area (Å²) in [4.78, 5) is 24.3. The number of benzene rings is 2. The second kappa shape index (κ2) is 9.30. The van der Waals surface area contributed by atoms with Crippen molar-refractivity contribution in [2.45, 2.75) is 26.5 Å². The van der Waals surface area contributed by atoms with Gasteiger partial charge in [0.2, 0.25) is 0 Å². The van der Waals surface area contributed by atoms with Crippen LogP contribution in [0.5, 0.6) is 11.5 Å². The van der Waals surface area contributed by atoms with E-state index in [1.807, 2.05) is 6.92 Å². The van der Waals surface area contributed by atoms with E-state index in [1.54, 1.807) is 43.3 Å². The van der Waals surface area contributed by atoms with Gasteiger partial charge < -0.3 is 24.8 Å². The Balaban J connectivity index is 1.92. The summed E-state index contributed by atoms with van der Waals surface area (Å²) < 4.78 is 30.2.